The molecule has 1 aromatic carbocycles. The number of aromatic nitrogens is 4. The van der Waals surface area contributed by atoms with Gasteiger partial charge in [-0.3, -0.25) is 0 Å². The lowest BCUT2D eigenvalue weighted by Gasteiger charge is -2.19. The molecule has 0 amide bonds. The van der Waals surface area contributed by atoms with Crippen LogP contribution in [-0.2, 0) is 0 Å². The fraction of sp³-hybridized carbons (Fsp3) is 0.312. The van der Waals surface area contributed by atoms with E-state index >= 15 is 0 Å². The van der Waals surface area contributed by atoms with Gasteiger partial charge in [-0.25, -0.2) is 4.98 Å². The molecule has 0 aliphatic carbocycles. The van der Waals surface area contributed by atoms with Crippen LogP contribution >= 0.6 is 0 Å². The van der Waals surface area contributed by atoms with Crippen molar-refractivity contribution in [1.82, 2.24) is 19.6 Å². The fourth-order valence-corrected chi connectivity index (χ4v) is 2.43. The summed E-state index contributed by atoms with van der Waals surface area (Å²) in [6.45, 7) is 3.02. The number of benzene rings is 1. The van der Waals surface area contributed by atoms with Gasteiger partial charge in [-0.2, -0.15) is 23.4 Å². The molecule has 1 N–H and O–H groups in total. The van der Waals surface area contributed by atoms with Crippen LogP contribution in [0.25, 0.3) is 5.78 Å². The highest BCUT2D eigenvalue weighted by Crippen LogP contribution is 2.25. The first-order chi connectivity index (χ1) is 11.5. The van der Waals surface area contributed by atoms with E-state index in [1.165, 1.54) is 18.5 Å². The van der Waals surface area contributed by atoms with Gasteiger partial charge in [-0.15, -0.1) is 0 Å². The largest absolute Gasteiger partial charge is 0.435 e. The molecule has 6 nitrogen and oxygen atoms in total. The lowest BCUT2D eigenvalue weighted by molar-refractivity contribution is -0.0498. The van der Waals surface area contributed by atoms with E-state index in [9.17, 15) is 8.78 Å². The van der Waals surface area contributed by atoms with Gasteiger partial charge in [0.1, 0.15) is 17.9 Å². The molecule has 0 saturated heterocycles. The second-order valence-electron chi connectivity index (χ2n) is 5.46. The van der Waals surface area contributed by atoms with E-state index in [0.29, 0.717) is 5.78 Å². The van der Waals surface area contributed by atoms with Crippen LogP contribution in [0.1, 0.15) is 29.8 Å². The number of halogens is 2. The van der Waals surface area contributed by atoms with Crippen LogP contribution < -0.4 is 10.1 Å². The molecule has 1 atom stereocenters. The molecular weight excluding hydrogens is 316 g/mol. The van der Waals surface area contributed by atoms with Crippen molar-refractivity contribution in [3.05, 3.63) is 47.4 Å². The first-order valence-electron chi connectivity index (χ1n) is 7.44. The van der Waals surface area contributed by atoms with Crippen molar-refractivity contribution in [3.63, 3.8) is 0 Å². The summed E-state index contributed by atoms with van der Waals surface area (Å²) in [5.74, 6) is 1.46. The minimum Gasteiger partial charge on any atom is -0.435 e. The summed E-state index contributed by atoms with van der Waals surface area (Å²) in [6, 6.07) is 6.47. The average molecular weight is 333 g/mol. The quantitative estimate of drug-likeness (QED) is 0.774. The zero-order valence-corrected chi connectivity index (χ0v) is 13.5. The monoisotopic (exact) mass is 333 g/mol. The minimum atomic E-state index is -2.82. The van der Waals surface area contributed by atoms with Gasteiger partial charge >= 0.3 is 6.61 Å². The van der Waals surface area contributed by atoms with Crippen LogP contribution in [0.5, 0.6) is 5.75 Å². The second-order valence-corrected chi connectivity index (χ2v) is 5.46. The number of fused-ring (bicyclic) bond motifs is 1. The SMILES string of the molecule is Cc1nc2ncnn2c(NC(C)c2ccc(OC(F)F)cc2)c1C. The van der Waals surface area contributed by atoms with E-state index in [0.717, 1.165) is 22.6 Å². The van der Waals surface area contributed by atoms with Gasteiger partial charge < -0.3 is 10.1 Å². The third kappa shape index (κ3) is 3.12. The van der Waals surface area contributed by atoms with Crippen molar-refractivity contribution in [2.75, 3.05) is 5.32 Å². The molecule has 0 aliphatic rings. The minimum absolute atomic E-state index is 0.0708. The van der Waals surface area contributed by atoms with Crippen molar-refractivity contribution < 1.29 is 13.5 Å². The van der Waals surface area contributed by atoms with E-state index in [2.05, 4.69) is 25.1 Å². The van der Waals surface area contributed by atoms with Gasteiger partial charge in [0.2, 0.25) is 0 Å². The van der Waals surface area contributed by atoms with Crippen LogP contribution in [0.15, 0.2) is 30.6 Å². The Morgan fingerprint density at radius 3 is 2.54 bits per heavy atom. The number of rotatable bonds is 5. The lowest BCUT2D eigenvalue weighted by Crippen LogP contribution is -2.13. The normalized spacial score (nSPS) is 12.6. The molecule has 8 heteroatoms. The molecule has 0 saturated carbocycles. The van der Waals surface area contributed by atoms with E-state index in [4.69, 9.17) is 0 Å². The Labute approximate surface area is 137 Å². The Morgan fingerprint density at radius 2 is 1.88 bits per heavy atom. The van der Waals surface area contributed by atoms with Gasteiger partial charge in [0.25, 0.3) is 5.78 Å². The van der Waals surface area contributed by atoms with Crippen molar-refractivity contribution in [1.29, 1.82) is 0 Å². The number of alkyl halides is 2. The molecule has 24 heavy (non-hydrogen) atoms. The number of hydrogen-bond acceptors (Lipinski definition) is 5. The molecule has 0 radical (unpaired) electrons. The zero-order valence-electron chi connectivity index (χ0n) is 13.5. The summed E-state index contributed by atoms with van der Waals surface area (Å²) in [5, 5.41) is 7.58. The Balaban J connectivity index is 1.86. The average Bonchev–Trinajstić information content (AvgIpc) is 2.99. The lowest BCUT2D eigenvalue weighted by atomic mass is 10.1. The van der Waals surface area contributed by atoms with Crippen molar-refractivity contribution in [3.8, 4) is 5.75 Å². The predicted molar refractivity (Wildman–Crippen MR) is 85.4 cm³/mol. The summed E-state index contributed by atoms with van der Waals surface area (Å²) >= 11 is 0. The third-order valence-corrected chi connectivity index (χ3v) is 3.87. The van der Waals surface area contributed by atoms with Crippen LogP contribution in [0.4, 0.5) is 14.6 Å². The standard InChI is InChI=1S/C16H17F2N5O/c1-9-10(2)22-16-19-8-20-23(16)14(9)21-11(3)12-4-6-13(7-5-12)24-15(17)18/h4-8,11,15,21H,1-3H3. The summed E-state index contributed by atoms with van der Waals surface area (Å²) in [7, 11) is 0. The van der Waals surface area contributed by atoms with Gasteiger partial charge in [-0.1, -0.05) is 12.1 Å². The maximum atomic E-state index is 12.2. The predicted octanol–water partition coefficient (Wildman–Crippen LogP) is 3.52. The number of nitrogens with one attached hydrogen (secondary N) is 1. The van der Waals surface area contributed by atoms with E-state index < -0.39 is 6.61 Å². The summed E-state index contributed by atoms with van der Waals surface area (Å²) in [6.07, 6.45) is 1.45. The smallest absolute Gasteiger partial charge is 0.387 e. The molecule has 0 spiro atoms. The maximum absolute atomic E-state index is 12.2. The Hall–Kier alpha value is -2.77. The molecule has 2 heterocycles. The first kappa shape index (κ1) is 16.1. The van der Waals surface area contributed by atoms with Crippen molar-refractivity contribution in [2.24, 2.45) is 0 Å². The molecule has 0 fully saturated rings. The van der Waals surface area contributed by atoms with Crippen molar-refractivity contribution >= 4 is 11.6 Å². The zero-order chi connectivity index (χ0) is 17.3. The summed E-state index contributed by atoms with van der Waals surface area (Å²) in [5.41, 5.74) is 2.77. The number of ether oxygens (including phenoxy) is 1. The third-order valence-electron chi connectivity index (χ3n) is 3.87. The molecule has 126 valence electrons. The van der Waals surface area contributed by atoms with Crippen LogP contribution in [0.3, 0.4) is 0 Å². The number of hydrogen-bond donors (Lipinski definition) is 1. The topological polar surface area (TPSA) is 64.3 Å². The number of anilines is 1. The molecular formula is C16H17F2N5O. The van der Waals surface area contributed by atoms with Gasteiger partial charge in [0, 0.05) is 17.3 Å². The van der Waals surface area contributed by atoms with E-state index in [-0.39, 0.29) is 11.8 Å². The Bertz CT molecular complexity index is 848. The second kappa shape index (κ2) is 6.38. The van der Waals surface area contributed by atoms with Gasteiger partial charge in [-0.05, 0) is 38.5 Å². The highest BCUT2D eigenvalue weighted by Gasteiger charge is 2.14. The Morgan fingerprint density at radius 1 is 1.17 bits per heavy atom. The first-order valence-corrected chi connectivity index (χ1v) is 7.44. The van der Waals surface area contributed by atoms with E-state index in [1.807, 2.05) is 20.8 Å². The fourth-order valence-electron chi connectivity index (χ4n) is 2.43. The van der Waals surface area contributed by atoms with Gasteiger partial charge in [0.15, 0.2) is 0 Å². The molecule has 0 bridgehead atoms. The molecule has 3 rings (SSSR count). The summed E-state index contributed by atoms with van der Waals surface area (Å²) in [4.78, 5) is 8.49. The van der Waals surface area contributed by atoms with E-state index in [1.54, 1.807) is 16.6 Å². The molecule has 1 unspecified atom stereocenters. The molecule has 2 aromatic heterocycles. The molecule has 3 aromatic rings. The van der Waals surface area contributed by atoms with Crippen LogP contribution in [0, 0.1) is 13.8 Å². The van der Waals surface area contributed by atoms with Crippen LogP contribution in [-0.4, -0.2) is 26.2 Å². The molecule has 0 aliphatic heterocycles. The van der Waals surface area contributed by atoms with Crippen molar-refractivity contribution in [2.45, 2.75) is 33.4 Å². The summed E-state index contributed by atoms with van der Waals surface area (Å²) < 4.78 is 30.4. The number of aryl methyl sites for hydroxylation is 1. The maximum Gasteiger partial charge on any atom is 0.387 e. The highest BCUT2D eigenvalue weighted by atomic mass is 19.3. The van der Waals surface area contributed by atoms with Crippen LogP contribution in [0.2, 0.25) is 0 Å². The van der Waals surface area contributed by atoms with Gasteiger partial charge in [0.05, 0.1) is 0 Å². The Kier molecular flexibility index (Phi) is 4.28. The highest BCUT2D eigenvalue weighted by molar-refractivity contribution is 5.53. The number of nitrogens with zero attached hydrogens (tertiary/aromatic N) is 4.